The molecule has 6 heteroatoms. The zero-order valence-corrected chi connectivity index (χ0v) is 12.7. The summed E-state index contributed by atoms with van der Waals surface area (Å²) in [7, 11) is 3.70. The molecule has 0 fully saturated rings. The highest BCUT2D eigenvalue weighted by Gasteiger charge is 2.17. The van der Waals surface area contributed by atoms with E-state index in [1.54, 1.807) is 33.3 Å². The van der Waals surface area contributed by atoms with E-state index in [-0.39, 0.29) is 30.0 Å². The number of aryl methyl sites for hydroxylation is 1. The highest BCUT2D eigenvalue weighted by Crippen LogP contribution is 2.11. The van der Waals surface area contributed by atoms with E-state index in [4.69, 9.17) is 0 Å². The molecule has 2 aromatic heterocycles. The van der Waals surface area contributed by atoms with Crippen LogP contribution in [0.4, 0.5) is 4.79 Å². The van der Waals surface area contributed by atoms with Crippen molar-refractivity contribution in [3.05, 3.63) is 41.1 Å². The van der Waals surface area contributed by atoms with Crippen LogP contribution in [0, 0.1) is 0 Å². The molecule has 0 atom stereocenters. The van der Waals surface area contributed by atoms with E-state index < -0.39 is 0 Å². The maximum Gasteiger partial charge on any atom is 0.415 e. The van der Waals surface area contributed by atoms with Crippen molar-refractivity contribution in [2.24, 2.45) is 7.05 Å². The average Bonchev–Trinajstić information content (AvgIpc) is 2.88. The summed E-state index contributed by atoms with van der Waals surface area (Å²) >= 11 is 1.66. The van der Waals surface area contributed by atoms with Gasteiger partial charge >= 0.3 is 6.03 Å². The van der Waals surface area contributed by atoms with Crippen molar-refractivity contribution in [3.63, 3.8) is 0 Å². The SMILES string of the molecule is CN(Cc1cccs1)C(=O)n1cc[n+](C)c1.[I-]. The Morgan fingerprint density at radius 1 is 1.59 bits per heavy atom. The van der Waals surface area contributed by atoms with Crippen LogP contribution < -0.4 is 28.5 Å². The third kappa shape index (κ3) is 3.53. The number of nitrogens with zero attached hydrogens (tertiary/aromatic N) is 3. The van der Waals surface area contributed by atoms with Gasteiger partial charge in [0.05, 0.1) is 13.6 Å². The van der Waals surface area contributed by atoms with E-state index in [0.717, 1.165) is 0 Å². The minimum atomic E-state index is -0.0194. The third-order valence-electron chi connectivity index (χ3n) is 2.29. The van der Waals surface area contributed by atoms with Crippen LogP contribution in [0.3, 0.4) is 0 Å². The first kappa shape index (κ1) is 14.2. The normalized spacial score (nSPS) is 9.76. The Morgan fingerprint density at radius 2 is 2.35 bits per heavy atom. The number of thiophene rings is 1. The lowest BCUT2D eigenvalue weighted by molar-refractivity contribution is -0.670. The minimum Gasteiger partial charge on any atom is -1.00 e. The van der Waals surface area contributed by atoms with Gasteiger partial charge in [0.1, 0.15) is 12.4 Å². The molecular weight excluding hydrogens is 349 g/mol. The van der Waals surface area contributed by atoms with Gasteiger partial charge < -0.3 is 28.9 Å². The van der Waals surface area contributed by atoms with Crippen LogP contribution in [0.2, 0.25) is 0 Å². The fraction of sp³-hybridized carbons (Fsp3) is 0.273. The molecular formula is C11H14IN3OS. The predicted molar refractivity (Wildman–Crippen MR) is 62.2 cm³/mol. The summed E-state index contributed by atoms with van der Waals surface area (Å²) in [6, 6.07) is 4.01. The molecule has 0 N–H and O–H groups in total. The van der Waals surface area contributed by atoms with Gasteiger partial charge in [0.2, 0.25) is 0 Å². The number of halogens is 1. The quantitative estimate of drug-likeness (QED) is 0.471. The van der Waals surface area contributed by atoms with Gasteiger partial charge in [-0.15, -0.1) is 11.3 Å². The summed E-state index contributed by atoms with van der Waals surface area (Å²) in [6.07, 6.45) is 5.36. The number of hydrogen-bond donors (Lipinski definition) is 0. The first-order chi connectivity index (χ1) is 7.66. The molecule has 4 nitrogen and oxygen atoms in total. The standard InChI is InChI=1S/C11H14N3OS.HI/c1-12-5-6-14(9-12)11(15)13(2)8-10-4-3-7-16-10;/h3-7,9H,8H2,1-2H3;1H/q+1;/p-1. The Labute approximate surface area is 122 Å². The molecule has 2 aromatic rings. The summed E-state index contributed by atoms with van der Waals surface area (Å²) in [5.41, 5.74) is 0. The van der Waals surface area contributed by atoms with Gasteiger partial charge in [-0.1, -0.05) is 6.07 Å². The number of aromatic nitrogens is 2. The van der Waals surface area contributed by atoms with Gasteiger partial charge in [-0.3, -0.25) is 0 Å². The van der Waals surface area contributed by atoms with E-state index >= 15 is 0 Å². The predicted octanol–water partition coefficient (Wildman–Crippen LogP) is -1.52. The minimum absolute atomic E-state index is 0. The highest BCUT2D eigenvalue weighted by atomic mass is 127. The number of imidazole rings is 1. The zero-order valence-electron chi connectivity index (χ0n) is 9.71. The van der Waals surface area contributed by atoms with Crippen LogP contribution in [-0.2, 0) is 13.6 Å². The molecule has 0 aliphatic rings. The monoisotopic (exact) mass is 363 g/mol. The molecule has 0 radical (unpaired) electrons. The third-order valence-corrected chi connectivity index (χ3v) is 3.15. The molecule has 0 aromatic carbocycles. The molecule has 2 heterocycles. The number of carbonyl (C=O) groups is 1. The fourth-order valence-electron chi connectivity index (χ4n) is 1.46. The molecule has 2 rings (SSSR count). The van der Waals surface area contributed by atoms with Gasteiger partial charge in [0.25, 0.3) is 6.33 Å². The van der Waals surface area contributed by atoms with E-state index in [0.29, 0.717) is 6.54 Å². The number of carbonyl (C=O) groups excluding carboxylic acids is 1. The average molecular weight is 363 g/mol. The molecule has 92 valence electrons. The molecule has 0 spiro atoms. The molecule has 0 saturated heterocycles. The number of rotatable bonds is 2. The smallest absolute Gasteiger partial charge is 0.415 e. The van der Waals surface area contributed by atoms with Crippen molar-refractivity contribution in [3.8, 4) is 0 Å². The fourth-order valence-corrected chi connectivity index (χ4v) is 2.22. The van der Waals surface area contributed by atoms with Crippen LogP contribution in [0.1, 0.15) is 4.88 Å². The summed E-state index contributed by atoms with van der Waals surface area (Å²) in [6.45, 7) is 0.651. The number of amides is 1. The van der Waals surface area contributed by atoms with E-state index in [1.807, 2.05) is 42.4 Å². The van der Waals surface area contributed by atoms with E-state index in [1.165, 1.54) is 4.88 Å². The van der Waals surface area contributed by atoms with Crippen LogP contribution >= 0.6 is 11.3 Å². The van der Waals surface area contributed by atoms with Gasteiger partial charge in [-0.25, -0.2) is 9.36 Å². The molecule has 17 heavy (non-hydrogen) atoms. The van der Waals surface area contributed by atoms with Crippen molar-refractivity contribution in [1.29, 1.82) is 0 Å². The molecule has 0 bridgehead atoms. The Bertz CT molecular complexity index is 481. The van der Waals surface area contributed by atoms with Crippen molar-refractivity contribution >= 4 is 17.4 Å². The molecule has 0 aliphatic carbocycles. The Balaban J connectivity index is 0.00000144. The maximum atomic E-state index is 12.0. The van der Waals surface area contributed by atoms with Crippen LogP contribution in [0.5, 0.6) is 0 Å². The lowest BCUT2D eigenvalue weighted by Gasteiger charge is -2.12. The Hall–Kier alpha value is -0.890. The second kappa shape index (κ2) is 6.15. The zero-order chi connectivity index (χ0) is 11.5. The molecule has 0 aliphatic heterocycles. The summed E-state index contributed by atoms with van der Waals surface area (Å²) in [5, 5.41) is 2.02. The second-order valence-electron chi connectivity index (χ2n) is 3.70. The van der Waals surface area contributed by atoms with Crippen molar-refractivity contribution in [1.82, 2.24) is 9.47 Å². The van der Waals surface area contributed by atoms with Crippen molar-refractivity contribution in [2.45, 2.75) is 6.54 Å². The Kier molecular flexibility index (Phi) is 5.13. The highest BCUT2D eigenvalue weighted by molar-refractivity contribution is 7.09. The summed E-state index contributed by atoms with van der Waals surface area (Å²) < 4.78 is 3.42. The lowest BCUT2D eigenvalue weighted by atomic mass is 10.4. The summed E-state index contributed by atoms with van der Waals surface area (Å²) in [4.78, 5) is 14.9. The van der Waals surface area contributed by atoms with Crippen LogP contribution in [0.25, 0.3) is 0 Å². The second-order valence-corrected chi connectivity index (χ2v) is 4.74. The first-order valence-electron chi connectivity index (χ1n) is 4.98. The van der Waals surface area contributed by atoms with Gasteiger partial charge in [0, 0.05) is 11.9 Å². The largest absolute Gasteiger partial charge is 1.00 e. The maximum absolute atomic E-state index is 12.0. The van der Waals surface area contributed by atoms with Crippen molar-refractivity contribution in [2.75, 3.05) is 7.05 Å². The molecule has 0 unspecified atom stereocenters. The first-order valence-corrected chi connectivity index (χ1v) is 5.86. The molecule has 0 saturated carbocycles. The Morgan fingerprint density at radius 3 is 2.88 bits per heavy atom. The summed E-state index contributed by atoms with van der Waals surface area (Å²) in [5.74, 6) is 0. The van der Waals surface area contributed by atoms with Gasteiger partial charge in [-0.2, -0.15) is 4.57 Å². The van der Waals surface area contributed by atoms with Gasteiger partial charge in [-0.05, 0) is 11.4 Å². The number of hydrogen-bond acceptors (Lipinski definition) is 2. The lowest BCUT2D eigenvalue weighted by Crippen LogP contribution is -3.00. The van der Waals surface area contributed by atoms with Crippen LogP contribution in [0.15, 0.2) is 36.2 Å². The van der Waals surface area contributed by atoms with Crippen LogP contribution in [-0.4, -0.2) is 22.5 Å². The van der Waals surface area contributed by atoms with E-state index in [2.05, 4.69) is 0 Å². The topological polar surface area (TPSA) is 29.1 Å². The van der Waals surface area contributed by atoms with Crippen molar-refractivity contribution < 1.29 is 33.3 Å². The molecule has 1 amide bonds. The van der Waals surface area contributed by atoms with E-state index in [9.17, 15) is 4.79 Å². The van der Waals surface area contributed by atoms with Gasteiger partial charge in [0.15, 0.2) is 0 Å².